The quantitative estimate of drug-likeness (QED) is 0.679. The fourth-order valence-electron chi connectivity index (χ4n) is 3.63. The molecule has 2 aliphatic rings. The molecule has 1 amide bonds. The van der Waals surface area contributed by atoms with Gasteiger partial charge >= 0.3 is 0 Å². The van der Waals surface area contributed by atoms with Gasteiger partial charge in [-0.2, -0.15) is 5.10 Å². The Hall–Kier alpha value is -3.09. The molecule has 0 unspecified atom stereocenters. The number of carbonyl (C=O) groups is 1. The minimum absolute atomic E-state index is 0.118. The normalized spacial score (nSPS) is 16.9. The Labute approximate surface area is 162 Å². The van der Waals surface area contributed by atoms with Crippen LogP contribution in [-0.4, -0.2) is 54.3 Å². The molecule has 0 atom stereocenters. The zero-order chi connectivity index (χ0) is 19.3. The average molecular weight is 378 g/mol. The number of furan rings is 1. The van der Waals surface area contributed by atoms with Crippen LogP contribution in [0.3, 0.4) is 0 Å². The van der Waals surface area contributed by atoms with Crippen molar-refractivity contribution in [2.24, 2.45) is 0 Å². The van der Waals surface area contributed by atoms with E-state index in [1.54, 1.807) is 18.1 Å². The van der Waals surface area contributed by atoms with Crippen molar-refractivity contribution in [1.82, 2.24) is 15.1 Å². The number of carbonyl (C=O) groups excluding carboxylic acids is 1. The monoisotopic (exact) mass is 378 g/mol. The lowest BCUT2D eigenvalue weighted by molar-refractivity contribution is 0.0675. The summed E-state index contributed by atoms with van der Waals surface area (Å²) in [5.41, 5.74) is 1.69. The van der Waals surface area contributed by atoms with E-state index in [1.165, 1.54) is 12.8 Å². The van der Waals surface area contributed by atoms with Gasteiger partial charge in [-0.05, 0) is 37.1 Å². The third kappa shape index (κ3) is 2.87. The van der Waals surface area contributed by atoms with Gasteiger partial charge in [-0.15, -0.1) is 5.10 Å². The first-order chi connectivity index (χ1) is 13.6. The van der Waals surface area contributed by atoms with E-state index in [-0.39, 0.29) is 11.9 Å². The molecule has 1 aromatic carbocycles. The Bertz CT molecular complexity index is 1020. The molecular weight excluding hydrogens is 356 g/mol. The van der Waals surface area contributed by atoms with E-state index in [2.05, 4.69) is 21.2 Å². The zero-order valence-electron chi connectivity index (χ0n) is 16.0. The highest BCUT2D eigenvalue weighted by Gasteiger charge is 2.35. The number of anilines is 1. The third-order valence-corrected chi connectivity index (χ3v) is 5.66. The van der Waals surface area contributed by atoms with Crippen molar-refractivity contribution in [3.05, 3.63) is 47.9 Å². The Morgan fingerprint density at radius 1 is 1.21 bits per heavy atom. The van der Waals surface area contributed by atoms with Crippen LogP contribution in [-0.2, 0) is 0 Å². The molecule has 1 saturated heterocycles. The Morgan fingerprint density at radius 2 is 2.04 bits per heavy atom. The largest absolute Gasteiger partial charge is 0.493 e. The summed E-state index contributed by atoms with van der Waals surface area (Å²) < 4.78 is 11.1. The number of ether oxygens (including phenoxy) is 1. The number of aromatic nitrogens is 2. The zero-order valence-corrected chi connectivity index (χ0v) is 16.0. The Balaban J connectivity index is 1.25. The van der Waals surface area contributed by atoms with Crippen LogP contribution in [0.5, 0.6) is 5.75 Å². The summed E-state index contributed by atoms with van der Waals surface area (Å²) in [7, 11) is 3.41. The topological polar surface area (TPSA) is 71.7 Å². The maximum atomic E-state index is 12.9. The molecule has 1 saturated carbocycles. The molecule has 144 valence electrons. The molecule has 0 spiro atoms. The van der Waals surface area contributed by atoms with E-state index in [9.17, 15) is 4.79 Å². The lowest BCUT2D eigenvalue weighted by Gasteiger charge is -2.44. The first kappa shape index (κ1) is 17.0. The van der Waals surface area contributed by atoms with Crippen LogP contribution in [0.25, 0.3) is 11.0 Å². The molecule has 1 aliphatic carbocycles. The van der Waals surface area contributed by atoms with Crippen molar-refractivity contribution < 1.29 is 13.9 Å². The van der Waals surface area contributed by atoms with E-state index in [1.807, 2.05) is 31.3 Å². The number of fused-ring (bicyclic) bond motifs is 1. The average Bonchev–Trinajstić information content (AvgIpc) is 3.44. The minimum Gasteiger partial charge on any atom is -0.493 e. The van der Waals surface area contributed by atoms with Crippen molar-refractivity contribution in [2.45, 2.75) is 24.8 Å². The highest BCUT2D eigenvalue weighted by molar-refractivity contribution is 5.97. The number of para-hydroxylation sites is 1. The maximum Gasteiger partial charge on any atom is 0.289 e. The van der Waals surface area contributed by atoms with E-state index in [4.69, 9.17) is 9.15 Å². The van der Waals surface area contributed by atoms with Gasteiger partial charge in [0.15, 0.2) is 22.9 Å². The number of amides is 1. The van der Waals surface area contributed by atoms with Crippen LogP contribution in [0.4, 0.5) is 5.82 Å². The number of methoxy groups -OCH3 is 1. The summed E-state index contributed by atoms with van der Waals surface area (Å²) in [4.78, 5) is 16.7. The number of hydrogen-bond donors (Lipinski definition) is 0. The number of rotatable bonds is 5. The number of benzene rings is 1. The first-order valence-electron chi connectivity index (χ1n) is 9.56. The lowest BCUT2D eigenvalue weighted by Crippen LogP contribution is -2.60. The smallest absolute Gasteiger partial charge is 0.289 e. The molecule has 28 heavy (non-hydrogen) atoms. The van der Waals surface area contributed by atoms with Gasteiger partial charge < -0.3 is 19.0 Å². The van der Waals surface area contributed by atoms with Crippen LogP contribution >= 0.6 is 0 Å². The lowest BCUT2D eigenvalue weighted by atomic mass is 10.1. The van der Waals surface area contributed by atoms with E-state index in [0.29, 0.717) is 23.0 Å². The number of hydrogen-bond acceptors (Lipinski definition) is 6. The molecular formula is C21H22N4O3. The van der Waals surface area contributed by atoms with Gasteiger partial charge in [0.05, 0.1) is 18.8 Å². The fourth-order valence-corrected chi connectivity index (χ4v) is 3.63. The molecule has 7 nitrogen and oxygen atoms in total. The molecule has 2 aromatic heterocycles. The standard InChI is InChI=1S/C21H22N4O3/c1-24(21(26)18-10-14-4-3-5-17(27-2)20(14)28-18)15-11-25(12-15)19-9-8-16(22-23-19)13-6-7-13/h3-5,8-10,13,15H,6-7,11-12H2,1-2H3. The van der Waals surface area contributed by atoms with Gasteiger partial charge in [0.1, 0.15) is 0 Å². The fraction of sp³-hybridized carbons (Fsp3) is 0.381. The number of nitrogens with zero attached hydrogens (tertiary/aromatic N) is 4. The molecule has 0 radical (unpaired) electrons. The van der Waals surface area contributed by atoms with Crippen molar-refractivity contribution in [1.29, 1.82) is 0 Å². The molecule has 2 fully saturated rings. The molecule has 3 heterocycles. The van der Waals surface area contributed by atoms with Crippen LogP contribution in [0.1, 0.15) is 35.0 Å². The predicted octanol–water partition coefficient (Wildman–Crippen LogP) is 3.07. The third-order valence-electron chi connectivity index (χ3n) is 5.66. The van der Waals surface area contributed by atoms with Crippen LogP contribution in [0, 0.1) is 0 Å². The summed E-state index contributed by atoms with van der Waals surface area (Å²) in [6, 6.07) is 11.6. The second-order valence-electron chi connectivity index (χ2n) is 7.55. The summed E-state index contributed by atoms with van der Waals surface area (Å²) in [6.45, 7) is 1.48. The van der Waals surface area contributed by atoms with Crippen molar-refractivity contribution >= 4 is 22.7 Å². The highest BCUT2D eigenvalue weighted by Crippen LogP contribution is 2.39. The second-order valence-corrected chi connectivity index (χ2v) is 7.55. The number of likely N-dealkylation sites (N-methyl/N-ethyl adjacent to an activating group) is 1. The van der Waals surface area contributed by atoms with Crippen LogP contribution < -0.4 is 9.64 Å². The maximum absolute atomic E-state index is 12.9. The molecule has 1 aliphatic heterocycles. The predicted molar refractivity (Wildman–Crippen MR) is 105 cm³/mol. The van der Waals surface area contributed by atoms with Gasteiger partial charge in [0.2, 0.25) is 0 Å². The molecule has 3 aromatic rings. The highest BCUT2D eigenvalue weighted by atomic mass is 16.5. The van der Waals surface area contributed by atoms with Crippen molar-refractivity contribution in [3.63, 3.8) is 0 Å². The summed E-state index contributed by atoms with van der Waals surface area (Å²) >= 11 is 0. The van der Waals surface area contributed by atoms with Gasteiger partial charge in [-0.1, -0.05) is 12.1 Å². The van der Waals surface area contributed by atoms with Crippen LogP contribution in [0.15, 0.2) is 40.8 Å². The van der Waals surface area contributed by atoms with Crippen molar-refractivity contribution in [2.75, 3.05) is 32.1 Å². The van der Waals surface area contributed by atoms with Gasteiger partial charge in [0.25, 0.3) is 5.91 Å². The first-order valence-corrected chi connectivity index (χ1v) is 9.56. The SMILES string of the molecule is COc1cccc2cc(C(=O)N(C)C3CN(c4ccc(C5CC5)nn4)C3)oc12. The van der Waals surface area contributed by atoms with E-state index >= 15 is 0 Å². The van der Waals surface area contributed by atoms with E-state index < -0.39 is 0 Å². The van der Waals surface area contributed by atoms with Crippen LogP contribution in [0.2, 0.25) is 0 Å². The molecule has 7 heteroatoms. The Morgan fingerprint density at radius 3 is 2.71 bits per heavy atom. The summed E-state index contributed by atoms with van der Waals surface area (Å²) in [6.07, 6.45) is 2.45. The minimum atomic E-state index is -0.127. The van der Waals surface area contributed by atoms with Gasteiger partial charge in [-0.25, -0.2) is 0 Å². The van der Waals surface area contributed by atoms with Crippen molar-refractivity contribution in [3.8, 4) is 5.75 Å². The Kier molecular flexibility index (Phi) is 3.96. The molecule has 0 bridgehead atoms. The summed E-state index contributed by atoms with van der Waals surface area (Å²) in [5, 5.41) is 9.54. The second kappa shape index (κ2) is 6.51. The van der Waals surface area contributed by atoms with Gasteiger partial charge in [0, 0.05) is 31.4 Å². The molecule has 0 N–H and O–H groups in total. The van der Waals surface area contributed by atoms with Gasteiger partial charge in [-0.3, -0.25) is 4.79 Å². The molecule has 5 rings (SSSR count). The van der Waals surface area contributed by atoms with E-state index in [0.717, 1.165) is 30.0 Å². The summed E-state index contributed by atoms with van der Waals surface area (Å²) in [5.74, 6) is 2.31.